The topological polar surface area (TPSA) is 60.4 Å². The van der Waals surface area contributed by atoms with Gasteiger partial charge in [-0.25, -0.2) is 5.43 Å². The maximum atomic E-state index is 5.67. The van der Waals surface area contributed by atoms with Gasteiger partial charge in [-0.2, -0.15) is 0 Å². The highest BCUT2D eigenvalue weighted by molar-refractivity contribution is 5.38. The molecule has 0 aliphatic heterocycles. The van der Waals surface area contributed by atoms with Crippen molar-refractivity contribution in [3.63, 3.8) is 0 Å². The van der Waals surface area contributed by atoms with E-state index in [0.717, 1.165) is 28.4 Å². The van der Waals surface area contributed by atoms with Gasteiger partial charge in [-0.05, 0) is 37.6 Å². The molecular formula is C14H18N2O2. The number of hydrogen-bond acceptors (Lipinski definition) is 4. The Kier molecular flexibility index (Phi) is 3.69. The third-order valence-electron chi connectivity index (χ3n) is 2.98. The Morgan fingerprint density at radius 3 is 2.61 bits per heavy atom. The van der Waals surface area contributed by atoms with Crippen molar-refractivity contribution in [3.8, 4) is 5.75 Å². The summed E-state index contributed by atoms with van der Waals surface area (Å²) in [6.07, 6.45) is 0. The van der Waals surface area contributed by atoms with Gasteiger partial charge < -0.3 is 9.15 Å². The van der Waals surface area contributed by atoms with Crippen molar-refractivity contribution >= 4 is 0 Å². The third-order valence-corrected chi connectivity index (χ3v) is 2.98. The molecule has 0 aliphatic carbocycles. The maximum absolute atomic E-state index is 5.67. The Labute approximate surface area is 107 Å². The standard InChI is InChI=1S/C14H18N2O2/c1-9-7-13(10(2)18-9)14(16-15)11-5-4-6-12(8-11)17-3/h4-8,14,16H,15H2,1-3H3. The number of furan rings is 1. The van der Waals surface area contributed by atoms with Crippen LogP contribution in [0.3, 0.4) is 0 Å². The van der Waals surface area contributed by atoms with Gasteiger partial charge >= 0.3 is 0 Å². The molecule has 2 aromatic rings. The molecule has 96 valence electrons. The molecule has 0 saturated heterocycles. The second-order valence-corrected chi connectivity index (χ2v) is 4.24. The van der Waals surface area contributed by atoms with E-state index in [-0.39, 0.29) is 6.04 Å². The quantitative estimate of drug-likeness (QED) is 0.642. The van der Waals surface area contributed by atoms with Crippen molar-refractivity contribution in [2.24, 2.45) is 5.84 Å². The number of nitrogens with one attached hydrogen (secondary N) is 1. The third kappa shape index (κ3) is 2.39. The number of nitrogens with two attached hydrogens (primary N) is 1. The average molecular weight is 246 g/mol. The highest BCUT2D eigenvalue weighted by atomic mass is 16.5. The van der Waals surface area contributed by atoms with E-state index in [4.69, 9.17) is 15.0 Å². The van der Waals surface area contributed by atoms with Crippen LogP contribution in [0.4, 0.5) is 0 Å². The maximum Gasteiger partial charge on any atom is 0.119 e. The largest absolute Gasteiger partial charge is 0.497 e. The predicted octanol–water partition coefficient (Wildman–Crippen LogP) is 2.46. The summed E-state index contributed by atoms with van der Waals surface area (Å²) >= 11 is 0. The molecular weight excluding hydrogens is 228 g/mol. The zero-order chi connectivity index (χ0) is 13.1. The van der Waals surface area contributed by atoms with Gasteiger partial charge in [0.25, 0.3) is 0 Å². The van der Waals surface area contributed by atoms with Crippen LogP contribution in [0.2, 0.25) is 0 Å². The summed E-state index contributed by atoms with van der Waals surface area (Å²) in [6.45, 7) is 3.86. The van der Waals surface area contributed by atoms with Gasteiger partial charge in [0, 0.05) is 5.56 Å². The van der Waals surface area contributed by atoms with E-state index in [1.165, 1.54) is 0 Å². The van der Waals surface area contributed by atoms with Crippen LogP contribution in [-0.2, 0) is 0 Å². The van der Waals surface area contributed by atoms with Crippen molar-refractivity contribution in [1.82, 2.24) is 5.43 Å². The van der Waals surface area contributed by atoms with Crippen LogP contribution in [0.15, 0.2) is 34.7 Å². The summed E-state index contributed by atoms with van der Waals surface area (Å²) in [7, 11) is 1.65. The molecule has 18 heavy (non-hydrogen) atoms. The number of aryl methyl sites for hydroxylation is 2. The first kappa shape index (κ1) is 12.7. The highest BCUT2D eigenvalue weighted by Crippen LogP contribution is 2.28. The first-order valence-electron chi connectivity index (χ1n) is 5.82. The van der Waals surface area contributed by atoms with Crippen molar-refractivity contribution in [1.29, 1.82) is 0 Å². The Morgan fingerprint density at radius 2 is 2.06 bits per heavy atom. The van der Waals surface area contributed by atoms with Gasteiger partial charge in [-0.1, -0.05) is 12.1 Å². The van der Waals surface area contributed by atoms with Crippen LogP contribution in [-0.4, -0.2) is 7.11 Å². The van der Waals surface area contributed by atoms with Crippen LogP contribution in [0, 0.1) is 13.8 Å². The van der Waals surface area contributed by atoms with Crippen molar-refractivity contribution in [2.75, 3.05) is 7.11 Å². The first-order valence-corrected chi connectivity index (χ1v) is 5.82. The van der Waals surface area contributed by atoms with E-state index in [9.17, 15) is 0 Å². The minimum atomic E-state index is -0.0995. The van der Waals surface area contributed by atoms with Gasteiger partial charge in [0.15, 0.2) is 0 Å². The predicted molar refractivity (Wildman–Crippen MR) is 70.3 cm³/mol. The molecule has 0 radical (unpaired) electrons. The lowest BCUT2D eigenvalue weighted by molar-refractivity contribution is 0.413. The fourth-order valence-electron chi connectivity index (χ4n) is 2.12. The average Bonchev–Trinajstić information content (AvgIpc) is 2.70. The number of benzene rings is 1. The first-order chi connectivity index (χ1) is 8.65. The normalized spacial score (nSPS) is 12.4. The second kappa shape index (κ2) is 5.25. The molecule has 3 N–H and O–H groups in total. The van der Waals surface area contributed by atoms with Crippen LogP contribution < -0.4 is 16.0 Å². The second-order valence-electron chi connectivity index (χ2n) is 4.24. The molecule has 2 rings (SSSR count). The molecule has 1 aromatic carbocycles. The molecule has 0 spiro atoms. The fourth-order valence-corrected chi connectivity index (χ4v) is 2.12. The highest BCUT2D eigenvalue weighted by Gasteiger charge is 2.18. The Morgan fingerprint density at radius 1 is 1.28 bits per heavy atom. The van der Waals surface area contributed by atoms with E-state index in [0.29, 0.717) is 0 Å². The summed E-state index contributed by atoms with van der Waals surface area (Å²) < 4.78 is 10.8. The van der Waals surface area contributed by atoms with Gasteiger partial charge in [-0.15, -0.1) is 0 Å². The minimum absolute atomic E-state index is 0.0995. The summed E-state index contributed by atoms with van der Waals surface area (Å²) in [5, 5.41) is 0. The van der Waals surface area contributed by atoms with E-state index < -0.39 is 0 Å². The van der Waals surface area contributed by atoms with E-state index in [1.54, 1.807) is 7.11 Å². The summed E-state index contributed by atoms with van der Waals surface area (Å²) in [5.74, 6) is 8.24. The van der Waals surface area contributed by atoms with Crippen LogP contribution in [0.25, 0.3) is 0 Å². The zero-order valence-corrected chi connectivity index (χ0v) is 10.9. The molecule has 1 aromatic heterocycles. The number of hydrazine groups is 1. The van der Waals surface area contributed by atoms with Crippen LogP contribution >= 0.6 is 0 Å². The zero-order valence-electron chi connectivity index (χ0n) is 10.9. The lowest BCUT2D eigenvalue weighted by Crippen LogP contribution is -2.29. The lowest BCUT2D eigenvalue weighted by atomic mass is 9.99. The molecule has 4 nitrogen and oxygen atoms in total. The molecule has 1 heterocycles. The molecule has 0 amide bonds. The Balaban J connectivity index is 2.41. The smallest absolute Gasteiger partial charge is 0.119 e. The van der Waals surface area contributed by atoms with E-state index in [2.05, 4.69) is 5.43 Å². The van der Waals surface area contributed by atoms with Gasteiger partial charge in [-0.3, -0.25) is 5.84 Å². The molecule has 0 bridgehead atoms. The summed E-state index contributed by atoms with van der Waals surface area (Å²) in [5.41, 5.74) is 4.91. The van der Waals surface area contributed by atoms with Crippen molar-refractivity contribution < 1.29 is 9.15 Å². The van der Waals surface area contributed by atoms with E-state index >= 15 is 0 Å². The lowest BCUT2D eigenvalue weighted by Gasteiger charge is -2.16. The number of rotatable bonds is 4. The Hall–Kier alpha value is -1.78. The summed E-state index contributed by atoms with van der Waals surface area (Å²) in [4.78, 5) is 0. The monoisotopic (exact) mass is 246 g/mol. The number of methoxy groups -OCH3 is 1. The SMILES string of the molecule is COc1cccc(C(NN)c2cc(C)oc2C)c1. The van der Waals surface area contributed by atoms with Gasteiger partial charge in [0.2, 0.25) is 0 Å². The molecule has 0 fully saturated rings. The molecule has 1 unspecified atom stereocenters. The molecule has 4 heteroatoms. The minimum Gasteiger partial charge on any atom is -0.497 e. The summed E-state index contributed by atoms with van der Waals surface area (Å²) in [6, 6.07) is 9.73. The van der Waals surface area contributed by atoms with Crippen molar-refractivity contribution in [2.45, 2.75) is 19.9 Å². The van der Waals surface area contributed by atoms with Crippen molar-refractivity contribution in [3.05, 3.63) is 53.0 Å². The van der Waals surface area contributed by atoms with Gasteiger partial charge in [0.1, 0.15) is 17.3 Å². The van der Waals surface area contributed by atoms with Gasteiger partial charge in [0.05, 0.1) is 13.2 Å². The Bertz CT molecular complexity index is 534. The van der Waals surface area contributed by atoms with E-state index in [1.807, 2.05) is 44.2 Å². The number of ether oxygens (including phenoxy) is 1. The molecule has 1 atom stereocenters. The van der Waals surface area contributed by atoms with Crippen LogP contribution in [0.5, 0.6) is 5.75 Å². The molecule has 0 aliphatic rings. The number of hydrogen-bond donors (Lipinski definition) is 2. The fraction of sp³-hybridized carbons (Fsp3) is 0.286. The molecule has 0 saturated carbocycles. The van der Waals surface area contributed by atoms with Crippen LogP contribution in [0.1, 0.15) is 28.7 Å².